The van der Waals surface area contributed by atoms with Gasteiger partial charge in [-0.1, -0.05) is 99.2 Å². The molecule has 1 saturated carbocycles. The monoisotopic (exact) mass is 766 g/mol. The molecule has 0 radical (unpaired) electrons. The molecule has 0 spiro atoms. The number of urea groups is 1. The Morgan fingerprint density at radius 2 is 1.48 bits per heavy atom. The Morgan fingerprint density at radius 3 is 2.23 bits per heavy atom. The second kappa shape index (κ2) is 20.6. The zero-order valence-corrected chi connectivity index (χ0v) is 32.5. The minimum atomic E-state index is -1.83. The van der Waals surface area contributed by atoms with Gasteiger partial charge >= 0.3 is 13.1 Å². The van der Waals surface area contributed by atoms with Gasteiger partial charge in [0, 0.05) is 31.2 Å². The topological polar surface area (TPSA) is 163 Å². The lowest BCUT2D eigenvalue weighted by molar-refractivity contribution is -0.140. The van der Waals surface area contributed by atoms with E-state index in [1.807, 2.05) is 66.7 Å². The highest BCUT2D eigenvalue weighted by Crippen LogP contribution is 2.31. The van der Waals surface area contributed by atoms with Gasteiger partial charge in [0.25, 0.3) is 5.91 Å². The lowest BCUT2D eigenvalue weighted by Crippen LogP contribution is -2.56. The van der Waals surface area contributed by atoms with Crippen molar-refractivity contribution in [1.82, 2.24) is 31.1 Å². The van der Waals surface area contributed by atoms with Crippen LogP contribution in [-0.2, 0) is 16.0 Å². The lowest BCUT2D eigenvalue weighted by atomic mass is 9.76. The molecule has 0 aromatic heterocycles. The number of nitrogens with zero attached hydrogens (tertiary/aromatic N) is 2. The van der Waals surface area contributed by atoms with E-state index in [1.165, 1.54) is 6.42 Å². The van der Waals surface area contributed by atoms with Crippen LogP contribution in [0.25, 0.3) is 10.8 Å². The summed E-state index contributed by atoms with van der Waals surface area (Å²) in [6.07, 6.45) is 10.8. The van der Waals surface area contributed by atoms with Gasteiger partial charge in [0.05, 0.1) is 5.94 Å². The number of carbonyl (C=O) groups excluding carboxylic acids is 4. The van der Waals surface area contributed by atoms with Crippen LogP contribution in [0.2, 0.25) is 0 Å². The van der Waals surface area contributed by atoms with E-state index >= 15 is 0 Å². The third kappa shape index (κ3) is 11.5. The summed E-state index contributed by atoms with van der Waals surface area (Å²) in [7, 11) is -1.83. The normalized spacial score (nSPS) is 20.2. The highest BCUT2D eigenvalue weighted by molar-refractivity contribution is 6.43. The van der Waals surface area contributed by atoms with Crippen molar-refractivity contribution in [3.05, 3.63) is 83.9 Å². The van der Waals surface area contributed by atoms with E-state index in [2.05, 4.69) is 26.2 Å². The van der Waals surface area contributed by atoms with Crippen LogP contribution in [0.4, 0.5) is 4.79 Å². The Labute approximate surface area is 331 Å². The quantitative estimate of drug-likeness (QED) is 0.0942. The molecular formula is C43H59BN6O6. The first-order chi connectivity index (χ1) is 27.2. The maximum absolute atomic E-state index is 14.8. The predicted molar refractivity (Wildman–Crippen MR) is 219 cm³/mol. The summed E-state index contributed by atoms with van der Waals surface area (Å²) in [5, 5.41) is 34.2. The minimum absolute atomic E-state index is 0.0244. The second-order valence-electron chi connectivity index (χ2n) is 15.9. The molecule has 12 nitrogen and oxygen atoms in total. The van der Waals surface area contributed by atoms with Crippen LogP contribution < -0.4 is 21.3 Å². The molecule has 13 heteroatoms. The van der Waals surface area contributed by atoms with Crippen molar-refractivity contribution >= 4 is 41.6 Å². The smallest absolute Gasteiger partial charge is 0.426 e. The largest absolute Gasteiger partial charge is 0.475 e. The Balaban J connectivity index is 1.11. The van der Waals surface area contributed by atoms with Crippen LogP contribution in [0.5, 0.6) is 0 Å². The summed E-state index contributed by atoms with van der Waals surface area (Å²) in [6.45, 7) is 2.92. The summed E-state index contributed by atoms with van der Waals surface area (Å²) in [5.74, 6) is -1.75. The number of hydrogen-bond acceptors (Lipinski definition) is 7. The molecule has 2 saturated heterocycles. The molecule has 2 heterocycles. The fraction of sp³-hybridized carbons (Fsp3) is 0.535. The maximum atomic E-state index is 14.8. The Bertz CT molecular complexity index is 1750. The van der Waals surface area contributed by atoms with Gasteiger partial charge in [-0.2, -0.15) is 0 Å². The summed E-state index contributed by atoms with van der Waals surface area (Å²) >= 11 is 0. The standard InChI is InChI=1S/C43H59BN6O6/c51-40(35-21-20-33-17-8-9-18-34(33)28-35)47-37(27-32-15-6-2-7-16-32)42(53)50-30-36(49-25-10-3-11-26-49)29-38(50)41(52)48-39(44(55)56)19-12-23-45-43(54)46-24-22-31-13-4-1-5-14-31/h1,4-5,8-9,13-14,17-18,20-21,28,32,36-39,55-56H,2-3,6-7,10-12,15-16,19,22-27,29-30H2,(H,47,51)(H,48,52)(H2,45,46,54)/t36-,37-,38+,39+/m1/s1. The number of likely N-dealkylation sites (tertiary alicyclic amines) is 2. The van der Waals surface area contributed by atoms with Crippen LogP contribution in [0.15, 0.2) is 72.8 Å². The van der Waals surface area contributed by atoms with E-state index in [1.54, 1.807) is 11.0 Å². The SMILES string of the molecule is O=C(NCCC[C@H](NC(=O)[C@@H]1C[C@@H](N2CCCCC2)CN1C(=O)[C@@H](CC1CCCCC1)NC(=O)c1ccc2ccccc2c1)B(O)O)NCCc1ccccc1. The average molecular weight is 767 g/mol. The van der Waals surface area contributed by atoms with Gasteiger partial charge in [-0.15, -0.1) is 0 Å². The van der Waals surface area contributed by atoms with Crippen molar-refractivity contribution in [2.75, 3.05) is 32.7 Å². The number of rotatable bonds is 16. The van der Waals surface area contributed by atoms with Crippen LogP contribution in [0.3, 0.4) is 0 Å². The van der Waals surface area contributed by atoms with Crippen LogP contribution in [0.1, 0.15) is 93.0 Å². The third-order valence-electron chi connectivity index (χ3n) is 11.9. The van der Waals surface area contributed by atoms with E-state index < -0.39 is 31.1 Å². The Kier molecular flexibility index (Phi) is 15.2. The van der Waals surface area contributed by atoms with Gasteiger partial charge in [-0.05, 0) is 92.4 Å². The van der Waals surface area contributed by atoms with E-state index in [9.17, 15) is 29.2 Å². The Morgan fingerprint density at radius 1 is 0.786 bits per heavy atom. The molecule has 0 bridgehead atoms. The number of hydrogen-bond donors (Lipinski definition) is 6. The number of amides is 5. The van der Waals surface area contributed by atoms with E-state index in [0.29, 0.717) is 44.3 Å². The molecule has 6 N–H and O–H groups in total. The molecule has 6 rings (SSSR count). The summed E-state index contributed by atoms with van der Waals surface area (Å²) in [4.78, 5) is 59.1. The number of benzene rings is 3. The molecular weight excluding hydrogens is 707 g/mol. The van der Waals surface area contributed by atoms with Gasteiger partial charge in [0.2, 0.25) is 11.8 Å². The van der Waals surface area contributed by atoms with Crippen molar-refractivity contribution in [1.29, 1.82) is 0 Å². The van der Waals surface area contributed by atoms with Crippen LogP contribution in [-0.4, -0.2) is 108 Å². The summed E-state index contributed by atoms with van der Waals surface area (Å²) in [5.41, 5.74) is 1.60. The van der Waals surface area contributed by atoms with E-state index in [4.69, 9.17) is 0 Å². The molecule has 3 fully saturated rings. The van der Waals surface area contributed by atoms with Crippen LogP contribution in [0, 0.1) is 5.92 Å². The number of piperidine rings is 1. The fourth-order valence-electron chi connectivity index (χ4n) is 8.73. The molecule has 2 aliphatic heterocycles. The highest BCUT2D eigenvalue weighted by atomic mass is 16.4. The van der Waals surface area contributed by atoms with Gasteiger partial charge in [-0.3, -0.25) is 19.3 Å². The van der Waals surface area contributed by atoms with Gasteiger partial charge in [0.1, 0.15) is 12.1 Å². The Hall–Kier alpha value is -4.46. The van der Waals surface area contributed by atoms with Crippen molar-refractivity contribution in [3.63, 3.8) is 0 Å². The summed E-state index contributed by atoms with van der Waals surface area (Å²) < 4.78 is 0. The van der Waals surface area contributed by atoms with Crippen molar-refractivity contribution < 1.29 is 29.2 Å². The number of nitrogens with one attached hydrogen (secondary N) is 4. The van der Waals surface area contributed by atoms with Gasteiger partial charge in [-0.25, -0.2) is 4.79 Å². The summed E-state index contributed by atoms with van der Waals surface area (Å²) in [6, 6.07) is 21.3. The molecule has 300 valence electrons. The maximum Gasteiger partial charge on any atom is 0.475 e. The average Bonchev–Trinajstić information content (AvgIpc) is 3.68. The van der Waals surface area contributed by atoms with Crippen LogP contribution >= 0.6 is 0 Å². The molecule has 3 aromatic rings. The first-order valence-corrected chi connectivity index (χ1v) is 20.8. The molecule has 0 unspecified atom stereocenters. The molecule has 56 heavy (non-hydrogen) atoms. The first kappa shape index (κ1) is 41.2. The second-order valence-corrected chi connectivity index (χ2v) is 15.9. The first-order valence-electron chi connectivity index (χ1n) is 20.8. The predicted octanol–water partition coefficient (Wildman–Crippen LogP) is 4.18. The van der Waals surface area contributed by atoms with Gasteiger partial charge < -0.3 is 36.2 Å². The third-order valence-corrected chi connectivity index (χ3v) is 11.9. The van der Waals surface area contributed by atoms with E-state index in [-0.39, 0.29) is 42.8 Å². The number of fused-ring (bicyclic) bond motifs is 1. The zero-order valence-electron chi connectivity index (χ0n) is 32.5. The minimum Gasteiger partial charge on any atom is -0.426 e. The molecule has 3 aromatic carbocycles. The van der Waals surface area contributed by atoms with Gasteiger partial charge in [0.15, 0.2) is 0 Å². The highest BCUT2D eigenvalue weighted by Gasteiger charge is 2.45. The van der Waals surface area contributed by atoms with E-state index in [0.717, 1.165) is 74.4 Å². The molecule has 4 atom stereocenters. The number of carbonyl (C=O) groups is 4. The van der Waals surface area contributed by atoms with Crippen molar-refractivity contribution in [3.8, 4) is 0 Å². The van der Waals surface area contributed by atoms with Crippen molar-refractivity contribution in [2.45, 2.75) is 108 Å². The fourth-order valence-corrected chi connectivity index (χ4v) is 8.73. The molecule has 1 aliphatic carbocycles. The van der Waals surface area contributed by atoms with Crippen molar-refractivity contribution in [2.24, 2.45) is 5.92 Å². The molecule has 5 amide bonds. The molecule has 3 aliphatic rings. The lowest BCUT2D eigenvalue weighted by Gasteiger charge is -2.33. The zero-order chi connectivity index (χ0) is 39.3.